The van der Waals surface area contributed by atoms with Crippen molar-refractivity contribution >= 4 is 48.7 Å². The van der Waals surface area contributed by atoms with Gasteiger partial charge in [0.2, 0.25) is 5.91 Å². The minimum Gasteiger partial charge on any atom is -0.352 e. The molecule has 2 aromatic heterocycles. The number of nitrogens with one attached hydrogen (secondary N) is 1. The standard InChI is InChI=1S/C19H19BrN4OS/c20-15-6-1-4-13(10-15)11-22-17(25)14-5-3-9-24(12-14)19-23-16-7-2-8-21-18(16)26-19/h1-2,4,6-8,10,14H,3,5,9,11-12H2,(H,22,25)/t14-/m1/s1. The molecule has 3 aromatic rings. The van der Waals surface area contributed by atoms with Crippen molar-refractivity contribution in [2.75, 3.05) is 18.0 Å². The number of rotatable bonds is 4. The Balaban J connectivity index is 1.40. The molecular weight excluding hydrogens is 412 g/mol. The summed E-state index contributed by atoms with van der Waals surface area (Å²) in [5.41, 5.74) is 2.02. The van der Waals surface area contributed by atoms with Crippen LogP contribution in [-0.4, -0.2) is 29.0 Å². The average Bonchev–Trinajstić information content (AvgIpc) is 3.10. The van der Waals surface area contributed by atoms with E-state index < -0.39 is 0 Å². The first-order chi connectivity index (χ1) is 12.7. The fourth-order valence-corrected chi connectivity index (χ4v) is 4.63. The van der Waals surface area contributed by atoms with Gasteiger partial charge in [-0.15, -0.1) is 0 Å². The number of anilines is 1. The molecule has 0 unspecified atom stereocenters. The molecule has 0 radical (unpaired) electrons. The van der Waals surface area contributed by atoms with Gasteiger partial charge in [-0.25, -0.2) is 9.97 Å². The Bertz CT molecular complexity index is 896. The van der Waals surface area contributed by atoms with E-state index in [9.17, 15) is 4.79 Å². The zero-order valence-corrected chi connectivity index (χ0v) is 16.6. The third-order valence-electron chi connectivity index (χ3n) is 4.57. The van der Waals surface area contributed by atoms with Gasteiger partial charge in [0.05, 0.1) is 5.92 Å². The highest BCUT2D eigenvalue weighted by Crippen LogP contribution is 2.30. The average molecular weight is 431 g/mol. The van der Waals surface area contributed by atoms with E-state index >= 15 is 0 Å². The molecule has 0 aliphatic carbocycles. The summed E-state index contributed by atoms with van der Waals surface area (Å²) < 4.78 is 1.03. The summed E-state index contributed by atoms with van der Waals surface area (Å²) in [6, 6.07) is 11.9. The van der Waals surface area contributed by atoms with Gasteiger partial charge in [-0.05, 0) is 42.7 Å². The minimum atomic E-state index is -0.00382. The van der Waals surface area contributed by atoms with Gasteiger partial charge in [0, 0.05) is 30.3 Å². The number of piperidine rings is 1. The predicted octanol–water partition coefficient (Wildman–Crippen LogP) is 3.99. The number of carbonyl (C=O) groups excluding carboxylic acids is 1. The van der Waals surface area contributed by atoms with Gasteiger partial charge >= 0.3 is 0 Å². The highest BCUT2D eigenvalue weighted by atomic mass is 79.9. The number of amides is 1. The van der Waals surface area contributed by atoms with Crippen molar-refractivity contribution in [3.8, 4) is 0 Å². The molecule has 26 heavy (non-hydrogen) atoms. The predicted molar refractivity (Wildman–Crippen MR) is 108 cm³/mol. The van der Waals surface area contributed by atoms with E-state index in [0.29, 0.717) is 13.1 Å². The number of benzene rings is 1. The second-order valence-electron chi connectivity index (χ2n) is 6.46. The summed E-state index contributed by atoms with van der Waals surface area (Å²) in [6.45, 7) is 2.21. The Morgan fingerprint density at radius 2 is 2.27 bits per heavy atom. The molecule has 1 N–H and O–H groups in total. The molecule has 1 aliphatic heterocycles. The van der Waals surface area contributed by atoms with E-state index in [1.54, 1.807) is 17.5 Å². The molecule has 1 aromatic carbocycles. The number of nitrogens with zero attached hydrogens (tertiary/aromatic N) is 3. The van der Waals surface area contributed by atoms with Crippen LogP contribution < -0.4 is 10.2 Å². The zero-order chi connectivity index (χ0) is 17.9. The Morgan fingerprint density at radius 3 is 3.12 bits per heavy atom. The van der Waals surface area contributed by atoms with Crippen LogP contribution in [0.2, 0.25) is 0 Å². The first-order valence-corrected chi connectivity index (χ1v) is 10.3. The topological polar surface area (TPSA) is 58.1 Å². The maximum absolute atomic E-state index is 12.6. The van der Waals surface area contributed by atoms with E-state index in [1.807, 2.05) is 36.4 Å². The van der Waals surface area contributed by atoms with Gasteiger partial charge in [-0.2, -0.15) is 0 Å². The molecule has 1 fully saturated rings. The summed E-state index contributed by atoms with van der Waals surface area (Å²) in [6.07, 6.45) is 3.71. The number of hydrogen-bond donors (Lipinski definition) is 1. The van der Waals surface area contributed by atoms with Crippen LogP contribution in [0.4, 0.5) is 5.13 Å². The number of pyridine rings is 1. The van der Waals surface area contributed by atoms with Gasteiger partial charge < -0.3 is 10.2 Å². The van der Waals surface area contributed by atoms with Gasteiger partial charge in [-0.3, -0.25) is 4.79 Å². The zero-order valence-electron chi connectivity index (χ0n) is 14.2. The summed E-state index contributed by atoms with van der Waals surface area (Å²) in [5, 5.41) is 4.04. The number of halogens is 1. The van der Waals surface area contributed by atoms with E-state index in [4.69, 9.17) is 0 Å². The molecular formula is C19H19BrN4OS. The van der Waals surface area contributed by atoms with Crippen molar-refractivity contribution < 1.29 is 4.79 Å². The monoisotopic (exact) mass is 430 g/mol. The Hall–Kier alpha value is -1.99. The van der Waals surface area contributed by atoms with Crippen LogP contribution in [0, 0.1) is 5.92 Å². The minimum absolute atomic E-state index is 0.00382. The maximum atomic E-state index is 12.6. The quantitative estimate of drug-likeness (QED) is 0.679. The first-order valence-electron chi connectivity index (χ1n) is 8.68. The molecule has 134 valence electrons. The fraction of sp³-hybridized carbons (Fsp3) is 0.316. The van der Waals surface area contributed by atoms with E-state index in [0.717, 1.165) is 44.9 Å². The van der Waals surface area contributed by atoms with Crippen LogP contribution >= 0.6 is 27.3 Å². The number of thiazole rings is 1. The lowest BCUT2D eigenvalue weighted by Gasteiger charge is -2.31. The summed E-state index contributed by atoms with van der Waals surface area (Å²) in [7, 11) is 0. The van der Waals surface area contributed by atoms with Gasteiger partial charge in [-0.1, -0.05) is 39.4 Å². The summed E-state index contributed by atoms with van der Waals surface area (Å²) in [5.74, 6) is 0.116. The van der Waals surface area contributed by atoms with Crippen LogP contribution in [0.1, 0.15) is 18.4 Å². The molecule has 0 saturated carbocycles. The first kappa shape index (κ1) is 17.4. The SMILES string of the molecule is O=C(NCc1cccc(Br)c1)[C@@H]1CCCN(c2nc3cccnc3s2)C1. The number of hydrogen-bond acceptors (Lipinski definition) is 5. The number of fused-ring (bicyclic) bond motifs is 1. The van der Waals surface area contributed by atoms with Crippen molar-refractivity contribution in [2.45, 2.75) is 19.4 Å². The van der Waals surface area contributed by atoms with Crippen LogP contribution in [0.25, 0.3) is 10.3 Å². The van der Waals surface area contributed by atoms with E-state index in [1.165, 1.54) is 0 Å². The lowest BCUT2D eigenvalue weighted by atomic mass is 9.97. The largest absolute Gasteiger partial charge is 0.352 e. The molecule has 1 amide bonds. The molecule has 1 saturated heterocycles. The molecule has 1 atom stereocenters. The number of carbonyl (C=O) groups is 1. The lowest BCUT2D eigenvalue weighted by Crippen LogP contribution is -2.42. The highest BCUT2D eigenvalue weighted by molar-refractivity contribution is 9.10. The summed E-state index contributed by atoms with van der Waals surface area (Å²) >= 11 is 5.06. The fourth-order valence-electron chi connectivity index (χ4n) is 3.24. The van der Waals surface area contributed by atoms with Gasteiger partial charge in [0.15, 0.2) is 5.13 Å². The van der Waals surface area contributed by atoms with Gasteiger partial charge in [0.1, 0.15) is 10.3 Å². The van der Waals surface area contributed by atoms with E-state index in [-0.39, 0.29) is 11.8 Å². The van der Waals surface area contributed by atoms with Crippen molar-refractivity contribution in [1.29, 1.82) is 0 Å². The highest BCUT2D eigenvalue weighted by Gasteiger charge is 2.27. The Morgan fingerprint density at radius 1 is 1.35 bits per heavy atom. The lowest BCUT2D eigenvalue weighted by molar-refractivity contribution is -0.125. The third kappa shape index (κ3) is 3.88. The van der Waals surface area contributed by atoms with Crippen LogP contribution in [0.5, 0.6) is 0 Å². The maximum Gasteiger partial charge on any atom is 0.225 e. The second kappa shape index (κ2) is 7.72. The molecule has 0 spiro atoms. The smallest absolute Gasteiger partial charge is 0.225 e. The molecule has 4 rings (SSSR count). The van der Waals surface area contributed by atoms with Crippen molar-refractivity contribution in [2.24, 2.45) is 5.92 Å². The Kier molecular flexibility index (Phi) is 5.17. The number of aromatic nitrogens is 2. The Labute approximate surface area is 164 Å². The molecule has 5 nitrogen and oxygen atoms in total. The van der Waals surface area contributed by atoms with Crippen molar-refractivity contribution in [3.63, 3.8) is 0 Å². The second-order valence-corrected chi connectivity index (χ2v) is 8.33. The molecule has 0 bridgehead atoms. The molecule has 7 heteroatoms. The summed E-state index contributed by atoms with van der Waals surface area (Å²) in [4.78, 5) is 24.8. The van der Waals surface area contributed by atoms with Crippen LogP contribution in [0.15, 0.2) is 47.1 Å². The van der Waals surface area contributed by atoms with Crippen molar-refractivity contribution in [3.05, 3.63) is 52.6 Å². The third-order valence-corrected chi connectivity index (χ3v) is 6.11. The van der Waals surface area contributed by atoms with Crippen molar-refractivity contribution in [1.82, 2.24) is 15.3 Å². The van der Waals surface area contributed by atoms with Gasteiger partial charge in [0.25, 0.3) is 0 Å². The van der Waals surface area contributed by atoms with Crippen LogP contribution in [-0.2, 0) is 11.3 Å². The van der Waals surface area contributed by atoms with E-state index in [2.05, 4.69) is 36.1 Å². The molecule has 1 aliphatic rings. The normalized spacial score (nSPS) is 17.4. The molecule has 3 heterocycles. The van der Waals surface area contributed by atoms with Crippen LogP contribution in [0.3, 0.4) is 0 Å².